The Morgan fingerprint density at radius 1 is 0.895 bits per heavy atom. The van der Waals surface area contributed by atoms with Gasteiger partial charge in [0.25, 0.3) is 14.3 Å². The standard InChI is InChI=1S/C16H34O2Si/c1-6-9-12-19(13-10-7-2,14-11-8-3)18-16(17)15(4)5/h15H,6-14H2,1-5H3. The van der Waals surface area contributed by atoms with Crippen LogP contribution in [-0.4, -0.2) is 14.3 Å². The van der Waals surface area contributed by atoms with Crippen molar-refractivity contribution in [2.45, 2.75) is 91.3 Å². The number of carbonyl (C=O) groups is 1. The summed E-state index contributed by atoms with van der Waals surface area (Å²) in [7, 11) is -1.83. The van der Waals surface area contributed by atoms with Gasteiger partial charge in [0.1, 0.15) is 0 Å². The van der Waals surface area contributed by atoms with E-state index in [9.17, 15) is 4.79 Å². The fourth-order valence-corrected chi connectivity index (χ4v) is 7.07. The molecule has 0 atom stereocenters. The minimum absolute atomic E-state index is 0.0109. The molecule has 0 amide bonds. The molecule has 2 nitrogen and oxygen atoms in total. The Hall–Kier alpha value is -0.313. The lowest BCUT2D eigenvalue weighted by Gasteiger charge is -2.32. The van der Waals surface area contributed by atoms with Crippen molar-refractivity contribution in [3.8, 4) is 0 Å². The average molecular weight is 287 g/mol. The van der Waals surface area contributed by atoms with Gasteiger partial charge >= 0.3 is 0 Å². The van der Waals surface area contributed by atoms with Gasteiger partial charge < -0.3 is 4.43 Å². The number of hydrogen-bond acceptors (Lipinski definition) is 2. The number of unbranched alkanes of at least 4 members (excludes halogenated alkanes) is 3. The summed E-state index contributed by atoms with van der Waals surface area (Å²) >= 11 is 0. The molecule has 0 rings (SSSR count). The molecule has 0 N–H and O–H groups in total. The van der Waals surface area contributed by atoms with Gasteiger partial charge in [0.2, 0.25) is 0 Å². The van der Waals surface area contributed by atoms with Crippen molar-refractivity contribution in [2.75, 3.05) is 0 Å². The van der Waals surface area contributed by atoms with Gasteiger partial charge in [-0.3, -0.25) is 4.79 Å². The first-order valence-electron chi connectivity index (χ1n) is 8.24. The van der Waals surface area contributed by atoms with E-state index in [1.165, 1.54) is 56.7 Å². The maximum Gasteiger partial charge on any atom is 0.295 e. The number of rotatable bonds is 11. The Bertz CT molecular complexity index is 217. The minimum Gasteiger partial charge on any atom is -0.519 e. The molecule has 19 heavy (non-hydrogen) atoms. The van der Waals surface area contributed by atoms with Crippen LogP contribution in [0, 0.1) is 5.92 Å². The molecule has 0 spiro atoms. The minimum atomic E-state index is -1.83. The Morgan fingerprint density at radius 2 is 1.26 bits per heavy atom. The second-order valence-corrected chi connectivity index (χ2v) is 10.1. The largest absolute Gasteiger partial charge is 0.519 e. The predicted octanol–water partition coefficient (Wildman–Crippen LogP) is 5.53. The molecule has 0 saturated heterocycles. The van der Waals surface area contributed by atoms with Crippen molar-refractivity contribution in [1.29, 1.82) is 0 Å². The van der Waals surface area contributed by atoms with Crippen LogP contribution in [0.5, 0.6) is 0 Å². The van der Waals surface area contributed by atoms with E-state index in [1.807, 2.05) is 13.8 Å². The van der Waals surface area contributed by atoms with Crippen LogP contribution in [0.15, 0.2) is 0 Å². The van der Waals surface area contributed by atoms with Gasteiger partial charge in [-0.25, -0.2) is 0 Å². The fourth-order valence-electron chi connectivity index (χ4n) is 2.36. The normalized spacial score (nSPS) is 11.9. The molecule has 0 aromatic carbocycles. The van der Waals surface area contributed by atoms with Crippen LogP contribution in [0.1, 0.15) is 73.1 Å². The zero-order valence-corrected chi connectivity index (χ0v) is 14.8. The molecule has 0 fully saturated rings. The highest BCUT2D eigenvalue weighted by molar-refractivity contribution is 6.75. The monoisotopic (exact) mass is 286 g/mol. The third-order valence-electron chi connectivity index (χ3n) is 3.75. The van der Waals surface area contributed by atoms with Gasteiger partial charge in [-0.05, 0) is 18.1 Å². The molecule has 0 bridgehead atoms. The van der Waals surface area contributed by atoms with Crippen molar-refractivity contribution in [1.82, 2.24) is 0 Å². The summed E-state index contributed by atoms with van der Waals surface area (Å²) in [6.07, 6.45) is 7.24. The Morgan fingerprint density at radius 3 is 1.53 bits per heavy atom. The second kappa shape index (κ2) is 10.5. The molecule has 0 saturated carbocycles. The van der Waals surface area contributed by atoms with E-state index >= 15 is 0 Å². The highest BCUT2D eigenvalue weighted by atomic mass is 28.4. The van der Waals surface area contributed by atoms with Crippen LogP contribution in [-0.2, 0) is 9.22 Å². The van der Waals surface area contributed by atoms with E-state index in [1.54, 1.807) is 0 Å². The maximum absolute atomic E-state index is 12.1. The third kappa shape index (κ3) is 7.76. The van der Waals surface area contributed by atoms with E-state index in [4.69, 9.17) is 4.43 Å². The third-order valence-corrected chi connectivity index (χ3v) is 8.17. The summed E-state index contributed by atoms with van der Waals surface area (Å²) < 4.78 is 6.11. The molecule has 0 aromatic rings. The van der Waals surface area contributed by atoms with E-state index in [-0.39, 0.29) is 11.9 Å². The van der Waals surface area contributed by atoms with E-state index in [2.05, 4.69) is 20.8 Å². The maximum atomic E-state index is 12.1. The Balaban J connectivity index is 4.80. The lowest BCUT2D eigenvalue weighted by atomic mass is 10.2. The molecule has 0 aliphatic heterocycles. The molecule has 114 valence electrons. The first kappa shape index (κ1) is 18.7. The summed E-state index contributed by atoms with van der Waals surface area (Å²) in [5.74, 6) is 0.0479. The van der Waals surface area contributed by atoms with Crippen molar-refractivity contribution in [2.24, 2.45) is 5.92 Å². The zero-order chi connectivity index (χ0) is 14.7. The predicted molar refractivity (Wildman–Crippen MR) is 85.8 cm³/mol. The van der Waals surface area contributed by atoms with E-state index in [0.717, 1.165) is 0 Å². The summed E-state index contributed by atoms with van der Waals surface area (Å²) in [6, 6.07) is 3.51. The average Bonchev–Trinajstić information content (AvgIpc) is 2.40. The molecule has 0 radical (unpaired) electrons. The first-order valence-corrected chi connectivity index (χ1v) is 10.8. The van der Waals surface area contributed by atoms with E-state index in [0.29, 0.717) is 0 Å². The summed E-state index contributed by atoms with van der Waals surface area (Å²) in [6.45, 7) is 10.6. The van der Waals surface area contributed by atoms with Crippen molar-refractivity contribution < 1.29 is 9.22 Å². The van der Waals surface area contributed by atoms with Gasteiger partial charge in [-0.1, -0.05) is 73.1 Å². The lowest BCUT2D eigenvalue weighted by Crippen LogP contribution is -2.41. The SMILES string of the molecule is CCCC[Si](CCCC)(CCCC)OC(=O)C(C)C. The fraction of sp³-hybridized carbons (Fsp3) is 0.938. The molecular formula is C16H34O2Si. The van der Waals surface area contributed by atoms with Crippen molar-refractivity contribution in [3.05, 3.63) is 0 Å². The summed E-state index contributed by atoms with van der Waals surface area (Å²) in [5.41, 5.74) is 0. The summed E-state index contributed by atoms with van der Waals surface area (Å²) in [4.78, 5) is 12.1. The zero-order valence-electron chi connectivity index (χ0n) is 13.8. The van der Waals surface area contributed by atoms with Crippen LogP contribution in [0.2, 0.25) is 18.1 Å². The molecule has 3 heteroatoms. The Labute approximate surface area is 121 Å². The van der Waals surface area contributed by atoms with Gasteiger partial charge in [0, 0.05) is 5.92 Å². The van der Waals surface area contributed by atoms with Crippen molar-refractivity contribution >= 4 is 14.3 Å². The second-order valence-electron chi connectivity index (χ2n) is 6.07. The van der Waals surface area contributed by atoms with Crippen LogP contribution in [0.4, 0.5) is 0 Å². The van der Waals surface area contributed by atoms with Gasteiger partial charge in [0.05, 0.1) is 0 Å². The van der Waals surface area contributed by atoms with Crippen molar-refractivity contribution in [3.63, 3.8) is 0 Å². The topological polar surface area (TPSA) is 26.3 Å². The van der Waals surface area contributed by atoms with E-state index < -0.39 is 8.32 Å². The molecule has 0 aromatic heterocycles. The number of hydrogen-bond donors (Lipinski definition) is 0. The highest BCUT2D eigenvalue weighted by Gasteiger charge is 2.37. The van der Waals surface area contributed by atoms with Crippen LogP contribution in [0.3, 0.4) is 0 Å². The molecule has 0 unspecified atom stereocenters. The smallest absolute Gasteiger partial charge is 0.295 e. The summed E-state index contributed by atoms with van der Waals surface area (Å²) in [5, 5.41) is 0. The first-order chi connectivity index (χ1) is 9.01. The van der Waals surface area contributed by atoms with Gasteiger partial charge in [-0.15, -0.1) is 0 Å². The lowest BCUT2D eigenvalue weighted by molar-refractivity contribution is -0.138. The van der Waals surface area contributed by atoms with Gasteiger partial charge in [0.15, 0.2) is 0 Å². The Kier molecular flexibility index (Phi) is 10.3. The van der Waals surface area contributed by atoms with Crippen LogP contribution in [0.25, 0.3) is 0 Å². The quantitative estimate of drug-likeness (QED) is 0.467. The molecular weight excluding hydrogens is 252 g/mol. The number of carbonyl (C=O) groups excluding carboxylic acids is 1. The molecule has 0 aliphatic carbocycles. The van der Waals surface area contributed by atoms with Crippen LogP contribution < -0.4 is 0 Å². The van der Waals surface area contributed by atoms with Crippen LogP contribution >= 0.6 is 0 Å². The molecule has 0 heterocycles. The molecule has 0 aliphatic rings. The van der Waals surface area contributed by atoms with Gasteiger partial charge in [-0.2, -0.15) is 0 Å². The highest BCUT2D eigenvalue weighted by Crippen LogP contribution is 2.30.